The molecule has 5 nitrogen and oxygen atoms in total. The van der Waals surface area contributed by atoms with Gasteiger partial charge in [-0.2, -0.15) is 8.78 Å². The van der Waals surface area contributed by atoms with Crippen LogP contribution in [0.2, 0.25) is 0 Å². The second-order valence-electron chi connectivity index (χ2n) is 2.46. The molecule has 74 valence electrons. The Balaban J connectivity index is 3.32. The molecule has 1 aromatic carbocycles. The fourth-order valence-corrected chi connectivity index (χ4v) is 0.909. The molecular formula is C6H4BF2NO4. The Kier molecular flexibility index (Phi) is 2.77. The number of hydrogen-bond acceptors (Lipinski definition) is 4. The minimum absolute atomic E-state index is 0.481. The molecule has 0 aliphatic carbocycles. The van der Waals surface area contributed by atoms with Crippen LogP contribution in [0.25, 0.3) is 0 Å². The smallest absolute Gasteiger partial charge is 0.423 e. The van der Waals surface area contributed by atoms with Crippen LogP contribution in [0.3, 0.4) is 0 Å². The van der Waals surface area contributed by atoms with Crippen molar-refractivity contribution in [2.75, 3.05) is 0 Å². The normalized spacial score (nSPS) is 10.0. The summed E-state index contributed by atoms with van der Waals surface area (Å²) in [4.78, 5) is 8.90. The number of hydrogen-bond donors (Lipinski definition) is 2. The maximum atomic E-state index is 12.8. The van der Waals surface area contributed by atoms with Gasteiger partial charge in [0.2, 0.25) is 11.6 Å². The lowest BCUT2D eigenvalue weighted by Gasteiger charge is -2.00. The van der Waals surface area contributed by atoms with Crippen molar-refractivity contribution in [1.29, 1.82) is 0 Å². The molecule has 1 aromatic rings. The summed E-state index contributed by atoms with van der Waals surface area (Å²) >= 11 is 0. The number of rotatable bonds is 2. The highest BCUT2D eigenvalue weighted by molar-refractivity contribution is 6.58. The van der Waals surface area contributed by atoms with E-state index in [0.717, 1.165) is 0 Å². The fourth-order valence-electron chi connectivity index (χ4n) is 0.909. The Hall–Kier alpha value is -1.54. The van der Waals surface area contributed by atoms with E-state index in [2.05, 4.69) is 0 Å². The van der Waals surface area contributed by atoms with Gasteiger partial charge in [-0.15, -0.1) is 0 Å². The molecule has 0 unspecified atom stereocenters. The second kappa shape index (κ2) is 3.68. The molecule has 0 atom stereocenters. The summed E-state index contributed by atoms with van der Waals surface area (Å²) in [6.45, 7) is 0. The number of nitro benzene ring substituents is 1. The van der Waals surface area contributed by atoms with Crippen molar-refractivity contribution >= 4 is 18.3 Å². The van der Waals surface area contributed by atoms with Gasteiger partial charge in [-0.05, 0) is 17.6 Å². The highest BCUT2D eigenvalue weighted by atomic mass is 19.1. The topological polar surface area (TPSA) is 83.6 Å². The predicted octanol–water partition coefficient (Wildman–Crippen LogP) is -0.447. The third kappa shape index (κ3) is 1.86. The van der Waals surface area contributed by atoms with Crippen LogP contribution in [0, 0.1) is 21.7 Å². The summed E-state index contributed by atoms with van der Waals surface area (Å²) in [5.41, 5.74) is -1.79. The molecule has 14 heavy (non-hydrogen) atoms. The summed E-state index contributed by atoms with van der Waals surface area (Å²) in [6, 6.07) is 0.984. The largest absolute Gasteiger partial charge is 0.488 e. The van der Waals surface area contributed by atoms with Gasteiger partial charge in [0.15, 0.2) is 0 Å². The number of nitro groups is 1. The van der Waals surface area contributed by atoms with Crippen molar-refractivity contribution in [1.82, 2.24) is 0 Å². The van der Waals surface area contributed by atoms with Crippen LogP contribution in [0.5, 0.6) is 0 Å². The van der Waals surface area contributed by atoms with E-state index < -0.39 is 34.8 Å². The zero-order valence-corrected chi connectivity index (χ0v) is 6.65. The molecule has 0 saturated carbocycles. The highest BCUT2D eigenvalue weighted by Crippen LogP contribution is 2.19. The Bertz CT molecular complexity index is 361. The SMILES string of the molecule is O=[N+]([O-])c1c(F)cc(B(O)O)cc1F. The average molecular weight is 203 g/mol. The van der Waals surface area contributed by atoms with Gasteiger partial charge in [0, 0.05) is 0 Å². The van der Waals surface area contributed by atoms with E-state index in [1.807, 2.05) is 0 Å². The van der Waals surface area contributed by atoms with Crippen LogP contribution in [0.15, 0.2) is 12.1 Å². The van der Waals surface area contributed by atoms with Crippen molar-refractivity contribution in [2.45, 2.75) is 0 Å². The zero-order chi connectivity index (χ0) is 10.9. The van der Waals surface area contributed by atoms with E-state index in [1.54, 1.807) is 0 Å². The summed E-state index contributed by atoms with van der Waals surface area (Å²) in [5, 5.41) is 27.2. The van der Waals surface area contributed by atoms with Crippen LogP contribution in [0.1, 0.15) is 0 Å². The minimum atomic E-state index is -2.07. The lowest BCUT2D eigenvalue weighted by molar-refractivity contribution is -0.390. The van der Waals surface area contributed by atoms with E-state index >= 15 is 0 Å². The molecule has 0 saturated heterocycles. The molecule has 0 amide bonds. The Morgan fingerprint density at radius 2 is 1.71 bits per heavy atom. The van der Waals surface area contributed by atoms with E-state index in [4.69, 9.17) is 10.0 Å². The van der Waals surface area contributed by atoms with Crippen LogP contribution in [0.4, 0.5) is 14.5 Å². The van der Waals surface area contributed by atoms with Gasteiger partial charge in [-0.25, -0.2) is 0 Å². The molecule has 0 bridgehead atoms. The summed E-state index contributed by atoms with van der Waals surface area (Å²) in [5.74, 6) is -2.89. The molecular weight excluding hydrogens is 199 g/mol. The fraction of sp³-hybridized carbons (Fsp3) is 0. The monoisotopic (exact) mass is 203 g/mol. The molecule has 0 aliphatic heterocycles. The van der Waals surface area contributed by atoms with Gasteiger partial charge < -0.3 is 10.0 Å². The summed E-state index contributed by atoms with van der Waals surface area (Å²) in [6.07, 6.45) is 0. The predicted molar refractivity (Wildman–Crippen MR) is 42.8 cm³/mol. The van der Waals surface area contributed by atoms with Crippen LogP contribution >= 0.6 is 0 Å². The first-order valence-electron chi connectivity index (χ1n) is 3.43. The molecule has 0 heterocycles. The maximum absolute atomic E-state index is 12.8. The Labute approximate surface area is 76.9 Å². The van der Waals surface area contributed by atoms with Crippen LogP contribution in [-0.4, -0.2) is 22.1 Å². The molecule has 8 heteroatoms. The average Bonchev–Trinajstić information content (AvgIpc) is 2.01. The van der Waals surface area contributed by atoms with Gasteiger partial charge in [0.25, 0.3) is 0 Å². The van der Waals surface area contributed by atoms with Crippen molar-refractivity contribution in [3.63, 3.8) is 0 Å². The molecule has 0 aromatic heterocycles. The van der Waals surface area contributed by atoms with Crippen molar-refractivity contribution in [3.8, 4) is 0 Å². The third-order valence-electron chi connectivity index (χ3n) is 1.52. The van der Waals surface area contributed by atoms with Crippen molar-refractivity contribution in [2.24, 2.45) is 0 Å². The number of nitrogens with zero attached hydrogens (tertiary/aromatic N) is 1. The van der Waals surface area contributed by atoms with Gasteiger partial charge in [-0.3, -0.25) is 10.1 Å². The Morgan fingerprint density at radius 3 is 2.00 bits per heavy atom. The third-order valence-corrected chi connectivity index (χ3v) is 1.52. The lowest BCUT2D eigenvalue weighted by atomic mass is 9.80. The van der Waals surface area contributed by atoms with Crippen LogP contribution in [-0.2, 0) is 0 Å². The molecule has 0 radical (unpaired) electrons. The first kappa shape index (κ1) is 10.5. The summed E-state index contributed by atoms with van der Waals surface area (Å²) in [7, 11) is -2.07. The standard InChI is InChI=1S/C6H4BF2NO4/c8-4-1-3(7(11)12)2-5(9)6(4)10(13)14/h1-2,11-12H. The van der Waals surface area contributed by atoms with E-state index in [9.17, 15) is 18.9 Å². The van der Waals surface area contributed by atoms with Crippen LogP contribution < -0.4 is 5.46 Å². The van der Waals surface area contributed by atoms with E-state index in [1.165, 1.54) is 0 Å². The zero-order valence-electron chi connectivity index (χ0n) is 6.65. The van der Waals surface area contributed by atoms with E-state index in [-0.39, 0.29) is 0 Å². The van der Waals surface area contributed by atoms with Gasteiger partial charge in [0.1, 0.15) is 0 Å². The first-order chi connectivity index (χ1) is 6.43. The molecule has 0 fully saturated rings. The maximum Gasteiger partial charge on any atom is 0.488 e. The molecule has 2 N–H and O–H groups in total. The molecule has 1 rings (SSSR count). The number of halogens is 2. The van der Waals surface area contributed by atoms with Crippen molar-refractivity contribution in [3.05, 3.63) is 33.9 Å². The molecule has 0 spiro atoms. The minimum Gasteiger partial charge on any atom is -0.423 e. The second-order valence-corrected chi connectivity index (χ2v) is 2.46. The quantitative estimate of drug-likeness (QED) is 0.387. The van der Waals surface area contributed by atoms with Gasteiger partial charge in [-0.1, -0.05) is 0 Å². The van der Waals surface area contributed by atoms with Crippen molar-refractivity contribution < 1.29 is 23.8 Å². The van der Waals surface area contributed by atoms with Gasteiger partial charge in [0.05, 0.1) is 4.92 Å². The molecule has 0 aliphatic rings. The Morgan fingerprint density at radius 1 is 1.29 bits per heavy atom. The highest BCUT2D eigenvalue weighted by Gasteiger charge is 2.24. The summed E-state index contributed by atoms with van der Waals surface area (Å²) < 4.78 is 25.6. The number of benzene rings is 1. The lowest BCUT2D eigenvalue weighted by Crippen LogP contribution is -2.30. The first-order valence-corrected chi connectivity index (χ1v) is 3.43. The van der Waals surface area contributed by atoms with Gasteiger partial charge >= 0.3 is 12.8 Å². The van der Waals surface area contributed by atoms with E-state index in [0.29, 0.717) is 12.1 Å².